The number of amides is 1. The van der Waals surface area contributed by atoms with Gasteiger partial charge >= 0.3 is 0 Å². The van der Waals surface area contributed by atoms with Crippen LogP contribution in [0.15, 0.2) is 48.0 Å². The number of aliphatic hydroxyl groups excluding tert-OH is 1. The second-order valence-corrected chi connectivity index (χ2v) is 9.71. The summed E-state index contributed by atoms with van der Waals surface area (Å²) in [4.78, 5) is 30.3. The number of ketones is 1. The van der Waals surface area contributed by atoms with Crippen molar-refractivity contribution in [2.45, 2.75) is 47.6 Å². The van der Waals surface area contributed by atoms with E-state index in [4.69, 9.17) is 9.47 Å². The molecule has 1 fully saturated rings. The minimum absolute atomic E-state index is 0.101. The lowest BCUT2D eigenvalue weighted by atomic mass is 9.94. The molecule has 0 bridgehead atoms. The maximum atomic E-state index is 13.3. The first-order valence-electron chi connectivity index (χ1n) is 13.2. The van der Waals surface area contributed by atoms with Gasteiger partial charge in [0.25, 0.3) is 11.7 Å². The number of likely N-dealkylation sites (tertiary alicyclic amines) is 1. The van der Waals surface area contributed by atoms with Crippen LogP contribution in [0.5, 0.6) is 11.5 Å². The zero-order chi connectivity index (χ0) is 27.1. The number of benzene rings is 2. The van der Waals surface area contributed by atoms with Gasteiger partial charge in [-0.1, -0.05) is 39.8 Å². The van der Waals surface area contributed by atoms with Crippen molar-refractivity contribution in [1.82, 2.24) is 9.80 Å². The zero-order valence-electron chi connectivity index (χ0n) is 22.9. The molecule has 1 atom stereocenters. The number of hydrogen-bond donors (Lipinski definition) is 1. The second kappa shape index (κ2) is 12.8. The fourth-order valence-corrected chi connectivity index (χ4v) is 4.53. The molecule has 7 heteroatoms. The summed E-state index contributed by atoms with van der Waals surface area (Å²) in [6.07, 6.45) is 0. The first kappa shape index (κ1) is 28.3. The predicted octanol–water partition coefficient (Wildman–Crippen LogP) is 5.19. The lowest BCUT2D eigenvalue weighted by Crippen LogP contribution is -2.38. The van der Waals surface area contributed by atoms with Gasteiger partial charge in [0.1, 0.15) is 17.3 Å². The Labute approximate surface area is 220 Å². The minimum Gasteiger partial charge on any atom is -0.507 e. The quantitative estimate of drug-likeness (QED) is 0.241. The van der Waals surface area contributed by atoms with Crippen LogP contribution in [0.25, 0.3) is 5.76 Å². The Kier molecular flexibility index (Phi) is 9.75. The SMILES string of the molecule is CCOc1ccc(C2/C(=C(/O)c3ccc(OCC(C)C)c(C)c3)C(=O)C(=O)N2CCN(CC)CC)cc1. The van der Waals surface area contributed by atoms with E-state index in [1.165, 1.54) is 0 Å². The molecule has 1 N–H and O–H groups in total. The molecule has 3 rings (SSSR count). The highest BCUT2D eigenvalue weighted by Gasteiger charge is 2.46. The number of aliphatic hydroxyl groups is 1. The summed E-state index contributed by atoms with van der Waals surface area (Å²) in [6, 6.07) is 12.0. The normalized spacial score (nSPS) is 17.2. The highest BCUT2D eigenvalue weighted by molar-refractivity contribution is 6.46. The Bertz CT molecular complexity index is 1120. The van der Waals surface area contributed by atoms with Crippen LogP contribution >= 0.6 is 0 Å². The maximum Gasteiger partial charge on any atom is 0.295 e. The summed E-state index contributed by atoms with van der Waals surface area (Å²) in [6.45, 7) is 15.9. The molecule has 0 saturated carbocycles. The fraction of sp³-hybridized carbons (Fsp3) is 0.467. The molecule has 1 heterocycles. The third kappa shape index (κ3) is 6.52. The van der Waals surface area contributed by atoms with Crippen molar-refractivity contribution in [2.75, 3.05) is 39.4 Å². The van der Waals surface area contributed by atoms with Gasteiger partial charge in [0.05, 0.1) is 24.8 Å². The van der Waals surface area contributed by atoms with E-state index in [0.717, 1.165) is 30.0 Å². The zero-order valence-corrected chi connectivity index (χ0v) is 22.9. The van der Waals surface area contributed by atoms with Crippen molar-refractivity contribution in [1.29, 1.82) is 0 Å². The molecule has 2 aromatic carbocycles. The smallest absolute Gasteiger partial charge is 0.295 e. The Hall–Kier alpha value is -3.32. The summed E-state index contributed by atoms with van der Waals surface area (Å²) in [5.41, 5.74) is 2.17. The average molecular weight is 509 g/mol. The summed E-state index contributed by atoms with van der Waals surface area (Å²) in [5, 5.41) is 11.4. The van der Waals surface area contributed by atoms with Crippen LogP contribution in [0.2, 0.25) is 0 Å². The van der Waals surface area contributed by atoms with E-state index in [2.05, 4.69) is 32.6 Å². The number of likely N-dealkylation sites (N-methyl/N-ethyl adjacent to an activating group) is 1. The van der Waals surface area contributed by atoms with E-state index in [0.29, 0.717) is 43.5 Å². The second-order valence-electron chi connectivity index (χ2n) is 9.71. The van der Waals surface area contributed by atoms with Gasteiger partial charge in [-0.05, 0) is 74.3 Å². The Morgan fingerprint density at radius 3 is 2.27 bits per heavy atom. The van der Waals surface area contributed by atoms with Crippen molar-refractivity contribution in [3.05, 3.63) is 64.7 Å². The Balaban J connectivity index is 2.05. The van der Waals surface area contributed by atoms with Crippen molar-refractivity contribution in [2.24, 2.45) is 5.92 Å². The number of ether oxygens (including phenoxy) is 2. The van der Waals surface area contributed by atoms with Crippen molar-refractivity contribution < 1.29 is 24.2 Å². The van der Waals surface area contributed by atoms with E-state index in [-0.39, 0.29) is 11.3 Å². The summed E-state index contributed by atoms with van der Waals surface area (Å²) in [7, 11) is 0. The summed E-state index contributed by atoms with van der Waals surface area (Å²) in [5.74, 6) is 0.372. The van der Waals surface area contributed by atoms with Crippen molar-refractivity contribution in [3.63, 3.8) is 0 Å². The van der Waals surface area contributed by atoms with Gasteiger partial charge in [-0.3, -0.25) is 9.59 Å². The first-order chi connectivity index (χ1) is 17.7. The van der Waals surface area contributed by atoms with Gasteiger partial charge < -0.3 is 24.4 Å². The van der Waals surface area contributed by atoms with E-state index in [9.17, 15) is 14.7 Å². The lowest BCUT2D eigenvalue weighted by molar-refractivity contribution is -0.140. The highest BCUT2D eigenvalue weighted by atomic mass is 16.5. The topological polar surface area (TPSA) is 79.3 Å². The number of hydrogen-bond acceptors (Lipinski definition) is 6. The molecule has 37 heavy (non-hydrogen) atoms. The average Bonchev–Trinajstić information content (AvgIpc) is 3.13. The lowest BCUT2D eigenvalue weighted by Gasteiger charge is -2.28. The van der Waals surface area contributed by atoms with Crippen LogP contribution in [0, 0.1) is 12.8 Å². The van der Waals surface area contributed by atoms with Crippen molar-refractivity contribution >= 4 is 17.4 Å². The molecule has 200 valence electrons. The molecule has 0 aliphatic carbocycles. The number of carbonyl (C=O) groups is 2. The number of carbonyl (C=O) groups excluding carboxylic acids is 2. The maximum absolute atomic E-state index is 13.3. The van der Waals surface area contributed by atoms with E-state index >= 15 is 0 Å². The predicted molar refractivity (Wildman–Crippen MR) is 146 cm³/mol. The molecule has 1 saturated heterocycles. The van der Waals surface area contributed by atoms with Crippen LogP contribution < -0.4 is 9.47 Å². The van der Waals surface area contributed by atoms with Gasteiger partial charge in [0.15, 0.2) is 0 Å². The van der Waals surface area contributed by atoms with Crippen LogP contribution in [-0.2, 0) is 9.59 Å². The van der Waals surface area contributed by atoms with Gasteiger partial charge in [-0.25, -0.2) is 0 Å². The summed E-state index contributed by atoms with van der Waals surface area (Å²) >= 11 is 0. The standard InChI is InChI=1S/C30H40N2O5/c1-7-31(8-2)16-17-32-27(22-10-13-24(14-11-22)36-9-3)26(29(34)30(32)35)28(33)23-12-15-25(21(6)18-23)37-19-20(4)5/h10-15,18,20,27,33H,7-9,16-17,19H2,1-6H3/b28-26-. The molecule has 7 nitrogen and oxygen atoms in total. The van der Waals surface area contributed by atoms with Crippen LogP contribution in [0.1, 0.15) is 57.4 Å². The minimum atomic E-state index is -0.691. The monoisotopic (exact) mass is 508 g/mol. The van der Waals surface area contributed by atoms with E-state index in [1.807, 2.05) is 38.1 Å². The summed E-state index contributed by atoms with van der Waals surface area (Å²) < 4.78 is 11.4. The van der Waals surface area contributed by atoms with Gasteiger partial charge in [0.2, 0.25) is 0 Å². The number of Topliss-reactive ketones (excluding diaryl/α,β-unsaturated/α-hetero) is 1. The molecule has 1 aliphatic heterocycles. The highest BCUT2D eigenvalue weighted by Crippen LogP contribution is 2.40. The van der Waals surface area contributed by atoms with Crippen LogP contribution in [-0.4, -0.2) is 66.0 Å². The Morgan fingerprint density at radius 2 is 1.70 bits per heavy atom. The van der Waals surface area contributed by atoms with Crippen LogP contribution in [0.3, 0.4) is 0 Å². The third-order valence-corrected chi connectivity index (χ3v) is 6.62. The van der Waals surface area contributed by atoms with Crippen molar-refractivity contribution in [3.8, 4) is 11.5 Å². The molecular weight excluding hydrogens is 468 g/mol. The number of rotatable bonds is 12. The number of nitrogens with zero attached hydrogens (tertiary/aromatic N) is 2. The molecule has 0 radical (unpaired) electrons. The molecule has 1 unspecified atom stereocenters. The molecule has 0 aromatic heterocycles. The Morgan fingerprint density at radius 1 is 1.03 bits per heavy atom. The molecule has 1 aliphatic rings. The van der Waals surface area contributed by atoms with Gasteiger partial charge in [0, 0.05) is 18.7 Å². The van der Waals surface area contributed by atoms with Gasteiger partial charge in [-0.2, -0.15) is 0 Å². The fourth-order valence-electron chi connectivity index (χ4n) is 4.53. The van der Waals surface area contributed by atoms with Gasteiger partial charge in [-0.15, -0.1) is 0 Å². The van der Waals surface area contributed by atoms with Crippen LogP contribution in [0.4, 0.5) is 0 Å². The third-order valence-electron chi connectivity index (χ3n) is 6.62. The molecule has 1 amide bonds. The first-order valence-corrected chi connectivity index (χ1v) is 13.2. The van der Waals surface area contributed by atoms with E-state index in [1.54, 1.807) is 23.1 Å². The molecule has 2 aromatic rings. The molecule has 0 spiro atoms. The largest absolute Gasteiger partial charge is 0.507 e. The van der Waals surface area contributed by atoms with E-state index < -0.39 is 17.7 Å². The molecular formula is C30H40N2O5. The number of aryl methyl sites for hydroxylation is 1.